The molecular formula is C31H32N2O4. The lowest BCUT2D eigenvalue weighted by Crippen LogP contribution is -2.21. The zero-order chi connectivity index (χ0) is 25.5. The highest BCUT2D eigenvalue weighted by Crippen LogP contribution is 2.18. The Labute approximate surface area is 218 Å². The van der Waals surface area contributed by atoms with Gasteiger partial charge in [0.1, 0.15) is 30.5 Å². The minimum Gasteiger partial charge on any atom is -0.494 e. The lowest BCUT2D eigenvalue weighted by molar-refractivity contribution is -0.114. The fourth-order valence-electron chi connectivity index (χ4n) is 3.64. The van der Waals surface area contributed by atoms with Crippen molar-refractivity contribution in [3.63, 3.8) is 0 Å². The number of benzene rings is 4. The molecule has 4 aromatic carbocycles. The molecule has 190 valence electrons. The van der Waals surface area contributed by atoms with E-state index in [1.807, 2.05) is 84.9 Å². The third-order valence-electron chi connectivity index (χ3n) is 5.53. The molecule has 0 saturated heterocycles. The summed E-state index contributed by atoms with van der Waals surface area (Å²) < 4.78 is 17.1. The molecule has 6 nitrogen and oxygen atoms in total. The number of nitrogens with one attached hydrogen (secondary N) is 2. The van der Waals surface area contributed by atoms with Crippen molar-refractivity contribution in [2.24, 2.45) is 0 Å². The van der Waals surface area contributed by atoms with Crippen molar-refractivity contribution in [1.29, 1.82) is 0 Å². The number of hydrogen-bond acceptors (Lipinski definition) is 5. The van der Waals surface area contributed by atoms with Crippen molar-refractivity contribution in [3.05, 3.63) is 115 Å². The maximum absolute atomic E-state index is 12.3. The molecule has 0 radical (unpaired) electrons. The number of anilines is 2. The first-order valence-electron chi connectivity index (χ1n) is 12.5. The van der Waals surface area contributed by atoms with Crippen LogP contribution in [-0.2, 0) is 11.2 Å². The Morgan fingerprint density at radius 2 is 1.08 bits per heavy atom. The quantitative estimate of drug-likeness (QED) is 0.203. The van der Waals surface area contributed by atoms with Gasteiger partial charge >= 0.3 is 0 Å². The molecule has 6 heteroatoms. The van der Waals surface area contributed by atoms with Crippen LogP contribution in [0.25, 0.3) is 0 Å². The van der Waals surface area contributed by atoms with Crippen molar-refractivity contribution < 1.29 is 19.0 Å². The van der Waals surface area contributed by atoms with Gasteiger partial charge in [0, 0.05) is 11.4 Å². The first-order chi connectivity index (χ1) is 18.2. The standard InChI is InChI=1S/C31H32N2O4/c34-31(33-27-15-19-29(20-16-27)35-21-7-10-25-8-3-1-4-9-25)24-32-26-13-17-30(18-14-26)37-23-22-36-28-11-5-2-6-12-28/h1-6,8-9,11-20,32H,7,10,21-24H2,(H,33,34). The van der Waals surface area contributed by atoms with Crippen molar-refractivity contribution in [2.45, 2.75) is 12.8 Å². The van der Waals surface area contributed by atoms with Gasteiger partial charge in [-0.2, -0.15) is 0 Å². The summed E-state index contributed by atoms with van der Waals surface area (Å²) in [5.74, 6) is 2.23. The first-order valence-corrected chi connectivity index (χ1v) is 12.5. The van der Waals surface area contributed by atoms with Crippen LogP contribution in [0.1, 0.15) is 12.0 Å². The van der Waals surface area contributed by atoms with Crippen LogP contribution in [0.3, 0.4) is 0 Å². The molecule has 0 fully saturated rings. The largest absolute Gasteiger partial charge is 0.494 e. The maximum Gasteiger partial charge on any atom is 0.243 e. The predicted octanol–water partition coefficient (Wildman–Crippen LogP) is 6.21. The molecule has 0 aliphatic carbocycles. The summed E-state index contributed by atoms with van der Waals surface area (Å²) in [7, 11) is 0. The Bertz CT molecular complexity index is 1200. The highest BCUT2D eigenvalue weighted by Gasteiger charge is 2.04. The summed E-state index contributed by atoms with van der Waals surface area (Å²) in [6.45, 7) is 1.71. The van der Waals surface area contributed by atoms with E-state index >= 15 is 0 Å². The minimum atomic E-state index is -0.130. The number of rotatable bonds is 14. The Kier molecular flexibility index (Phi) is 9.83. The van der Waals surface area contributed by atoms with Crippen molar-refractivity contribution >= 4 is 17.3 Å². The molecule has 1 amide bonds. The molecule has 0 aliphatic heterocycles. The predicted molar refractivity (Wildman–Crippen MR) is 148 cm³/mol. The van der Waals surface area contributed by atoms with Crippen LogP contribution in [-0.4, -0.2) is 32.3 Å². The summed E-state index contributed by atoms with van der Waals surface area (Å²) in [4.78, 5) is 12.3. The molecular weight excluding hydrogens is 464 g/mol. The Morgan fingerprint density at radius 3 is 1.70 bits per heavy atom. The van der Waals surface area contributed by atoms with Crippen LogP contribution in [0.2, 0.25) is 0 Å². The fourth-order valence-corrected chi connectivity index (χ4v) is 3.64. The third-order valence-corrected chi connectivity index (χ3v) is 5.53. The number of ether oxygens (including phenoxy) is 3. The van der Waals surface area contributed by atoms with E-state index in [-0.39, 0.29) is 12.5 Å². The van der Waals surface area contributed by atoms with Gasteiger partial charge in [-0.25, -0.2) is 0 Å². The van der Waals surface area contributed by atoms with Crippen LogP contribution in [0.15, 0.2) is 109 Å². The second-order valence-electron chi connectivity index (χ2n) is 8.40. The molecule has 0 aliphatic rings. The summed E-state index contributed by atoms with van der Waals surface area (Å²) >= 11 is 0. The number of hydrogen-bond donors (Lipinski definition) is 2. The molecule has 0 heterocycles. The molecule has 0 bridgehead atoms. The highest BCUT2D eigenvalue weighted by atomic mass is 16.5. The molecule has 2 N–H and O–H groups in total. The van der Waals surface area contributed by atoms with Crippen LogP contribution < -0.4 is 24.8 Å². The number of amides is 1. The fraction of sp³-hybridized carbons (Fsp3) is 0.194. The van der Waals surface area contributed by atoms with Gasteiger partial charge in [-0.05, 0) is 79.1 Å². The van der Waals surface area contributed by atoms with E-state index < -0.39 is 0 Å². The third kappa shape index (κ3) is 9.26. The lowest BCUT2D eigenvalue weighted by Gasteiger charge is -2.11. The normalized spacial score (nSPS) is 10.4. The monoisotopic (exact) mass is 496 g/mol. The van der Waals surface area contributed by atoms with E-state index in [2.05, 4.69) is 34.9 Å². The van der Waals surface area contributed by atoms with E-state index in [1.165, 1.54) is 5.56 Å². The minimum absolute atomic E-state index is 0.130. The lowest BCUT2D eigenvalue weighted by atomic mass is 10.1. The highest BCUT2D eigenvalue weighted by molar-refractivity contribution is 5.93. The Hall–Kier alpha value is -4.45. The van der Waals surface area contributed by atoms with Gasteiger partial charge < -0.3 is 24.8 Å². The van der Waals surface area contributed by atoms with Gasteiger partial charge in [0.05, 0.1) is 13.2 Å². The zero-order valence-corrected chi connectivity index (χ0v) is 20.8. The van der Waals surface area contributed by atoms with E-state index in [0.29, 0.717) is 19.8 Å². The maximum atomic E-state index is 12.3. The zero-order valence-electron chi connectivity index (χ0n) is 20.8. The van der Waals surface area contributed by atoms with Crippen LogP contribution in [0, 0.1) is 0 Å². The summed E-state index contributed by atoms with van der Waals surface area (Å²) in [5, 5.41) is 6.01. The van der Waals surface area contributed by atoms with Gasteiger partial charge in [-0.15, -0.1) is 0 Å². The number of carbonyl (C=O) groups is 1. The van der Waals surface area contributed by atoms with Crippen molar-refractivity contribution in [2.75, 3.05) is 37.0 Å². The number of carbonyl (C=O) groups excluding carboxylic acids is 1. The molecule has 0 spiro atoms. The molecule has 4 rings (SSSR count). The molecule has 37 heavy (non-hydrogen) atoms. The molecule has 0 atom stereocenters. The van der Waals surface area contributed by atoms with Gasteiger partial charge in [0.2, 0.25) is 5.91 Å². The molecule has 0 saturated carbocycles. The Morgan fingerprint density at radius 1 is 0.568 bits per heavy atom. The molecule has 0 aromatic heterocycles. The van der Waals surface area contributed by atoms with Crippen molar-refractivity contribution in [3.8, 4) is 17.2 Å². The average molecular weight is 497 g/mol. The topological polar surface area (TPSA) is 68.8 Å². The van der Waals surface area contributed by atoms with Crippen molar-refractivity contribution in [1.82, 2.24) is 0 Å². The summed E-state index contributed by atoms with van der Waals surface area (Å²) in [6.07, 6.45) is 1.94. The van der Waals surface area contributed by atoms with Crippen LogP contribution in [0.5, 0.6) is 17.2 Å². The average Bonchev–Trinajstić information content (AvgIpc) is 2.95. The summed E-state index contributed by atoms with van der Waals surface area (Å²) in [6, 6.07) is 34.9. The SMILES string of the molecule is O=C(CNc1ccc(OCCOc2ccccc2)cc1)Nc1ccc(OCCCc2ccccc2)cc1. The van der Waals surface area contributed by atoms with Crippen LogP contribution in [0.4, 0.5) is 11.4 Å². The molecule has 4 aromatic rings. The van der Waals surface area contributed by atoms with E-state index in [0.717, 1.165) is 41.5 Å². The van der Waals surface area contributed by atoms with Crippen LogP contribution >= 0.6 is 0 Å². The first kappa shape index (κ1) is 25.6. The second-order valence-corrected chi connectivity index (χ2v) is 8.40. The van der Waals surface area contributed by atoms with Gasteiger partial charge in [-0.3, -0.25) is 4.79 Å². The van der Waals surface area contributed by atoms with Gasteiger partial charge in [0.25, 0.3) is 0 Å². The summed E-state index contributed by atoms with van der Waals surface area (Å²) in [5.41, 5.74) is 2.87. The molecule has 0 unspecified atom stereocenters. The second kappa shape index (κ2) is 14.2. The van der Waals surface area contributed by atoms with E-state index in [9.17, 15) is 4.79 Å². The van der Waals surface area contributed by atoms with E-state index in [1.54, 1.807) is 0 Å². The van der Waals surface area contributed by atoms with Gasteiger partial charge in [0.15, 0.2) is 0 Å². The van der Waals surface area contributed by atoms with E-state index in [4.69, 9.17) is 14.2 Å². The smallest absolute Gasteiger partial charge is 0.243 e. The van der Waals surface area contributed by atoms with Gasteiger partial charge in [-0.1, -0.05) is 48.5 Å². The number of para-hydroxylation sites is 1. The number of aryl methyl sites for hydroxylation is 1. The Balaban J connectivity index is 1.10.